The Morgan fingerprint density at radius 3 is 3.00 bits per heavy atom. The van der Waals surface area contributed by atoms with Crippen LogP contribution >= 0.6 is 15.9 Å². The van der Waals surface area contributed by atoms with Crippen LogP contribution in [0.4, 0.5) is 4.39 Å². The molecule has 0 saturated heterocycles. The van der Waals surface area contributed by atoms with Crippen LogP contribution in [0.5, 0.6) is 0 Å². The van der Waals surface area contributed by atoms with Crippen LogP contribution in [0.3, 0.4) is 0 Å². The van der Waals surface area contributed by atoms with E-state index in [0.717, 1.165) is 5.82 Å². The molecule has 0 aliphatic carbocycles. The van der Waals surface area contributed by atoms with Crippen LogP contribution in [0.15, 0.2) is 29.0 Å². The van der Waals surface area contributed by atoms with Gasteiger partial charge in [-0.2, -0.15) is 5.10 Å². The van der Waals surface area contributed by atoms with Gasteiger partial charge in [-0.1, -0.05) is 15.9 Å². The number of aromatic amines is 1. The normalized spacial score (nSPS) is 10.4. The lowest BCUT2D eigenvalue weighted by Crippen LogP contribution is -2.25. The first kappa shape index (κ1) is 13.7. The number of nitrogens with one attached hydrogen (secondary N) is 2. The minimum absolute atomic E-state index is 0.0443. The minimum Gasteiger partial charge on any atom is -0.352 e. The Hall–Kier alpha value is -1.76. The summed E-state index contributed by atoms with van der Waals surface area (Å²) in [6.45, 7) is 0.453. The van der Waals surface area contributed by atoms with E-state index in [-0.39, 0.29) is 5.56 Å². The highest BCUT2D eigenvalue weighted by molar-refractivity contribution is 9.10. The summed E-state index contributed by atoms with van der Waals surface area (Å²) in [6, 6.07) is 4.35. The van der Waals surface area contributed by atoms with E-state index in [9.17, 15) is 9.18 Å². The summed E-state index contributed by atoms with van der Waals surface area (Å²) >= 11 is 3.14. The van der Waals surface area contributed by atoms with Gasteiger partial charge in [-0.3, -0.25) is 9.89 Å². The molecule has 5 nitrogen and oxygen atoms in total. The second-order valence-electron chi connectivity index (χ2n) is 3.92. The van der Waals surface area contributed by atoms with E-state index in [4.69, 9.17) is 0 Å². The lowest BCUT2D eigenvalue weighted by molar-refractivity contribution is 0.0949. The molecule has 0 fully saturated rings. The van der Waals surface area contributed by atoms with Crippen LogP contribution in [-0.2, 0) is 6.42 Å². The number of aromatic nitrogens is 3. The molecule has 7 heteroatoms. The molecule has 0 aliphatic heterocycles. The first-order chi connectivity index (χ1) is 9.16. The number of hydrogen-bond donors (Lipinski definition) is 2. The number of aryl methyl sites for hydroxylation is 1. The van der Waals surface area contributed by atoms with Crippen LogP contribution in [-0.4, -0.2) is 27.6 Å². The lowest BCUT2D eigenvalue weighted by Gasteiger charge is -2.05. The summed E-state index contributed by atoms with van der Waals surface area (Å²) < 4.78 is 14.1. The summed E-state index contributed by atoms with van der Waals surface area (Å²) in [5.74, 6) is -0.186. The quantitative estimate of drug-likeness (QED) is 0.826. The van der Waals surface area contributed by atoms with Crippen LogP contribution in [0.1, 0.15) is 22.6 Å². The van der Waals surface area contributed by atoms with E-state index in [1.807, 2.05) is 0 Å². The zero-order valence-electron chi connectivity index (χ0n) is 9.99. The van der Waals surface area contributed by atoms with Crippen LogP contribution < -0.4 is 5.32 Å². The molecule has 1 heterocycles. The second kappa shape index (κ2) is 6.42. The van der Waals surface area contributed by atoms with Crippen molar-refractivity contribution in [2.75, 3.05) is 6.54 Å². The fourth-order valence-corrected chi connectivity index (χ4v) is 1.91. The Morgan fingerprint density at radius 2 is 2.32 bits per heavy atom. The average molecular weight is 327 g/mol. The number of halogens is 2. The Balaban J connectivity index is 1.81. The molecule has 0 aliphatic rings. The van der Waals surface area contributed by atoms with Gasteiger partial charge in [0.1, 0.15) is 18.0 Å². The third-order valence-electron chi connectivity index (χ3n) is 2.52. The molecule has 0 atom stereocenters. The predicted octanol–water partition coefficient (Wildman–Crippen LogP) is 2.07. The van der Waals surface area contributed by atoms with Gasteiger partial charge in [0, 0.05) is 17.4 Å². The maximum absolute atomic E-state index is 13.5. The summed E-state index contributed by atoms with van der Waals surface area (Å²) in [5.41, 5.74) is 0.0443. The molecule has 0 spiro atoms. The molecule has 0 radical (unpaired) electrons. The third kappa shape index (κ3) is 3.85. The SMILES string of the molecule is O=C(NCCCc1ncn[nH]1)c1ccc(Br)cc1F. The molecule has 19 heavy (non-hydrogen) atoms. The van der Waals surface area contributed by atoms with Crippen molar-refractivity contribution in [1.29, 1.82) is 0 Å². The number of H-pyrrole nitrogens is 1. The molecule has 0 bridgehead atoms. The van der Waals surface area contributed by atoms with Gasteiger partial charge >= 0.3 is 0 Å². The molecule has 1 aromatic carbocycles. The van der Waals surface area contributed by atoms with Gasteiger partial charge in [-0.05, 0) is 24.6 Å². The summed E-state index contributed by atoms with van der Waals surface area (Å²) in [6.07, 6.45) is 2.83. The van der Waals surface area contributed by atoms with E-state index < -0.39 is 11.7 Å². The second-order valence-corrected chi connectivity index (χ2v) is 4.83. The van der Waals surface area contributed by atoms with Crippen LogP contribution in [0, 0.1) is 5.82 Å². The maximum atomic E-state index is 13.5. The average Bonchev–Trinajstić information content (AvgIpc) is 2.87. The molecule has 1 amide bonds. The van der Waals surface area contributed by atoms with Gasteiger partial charge in [-0.25, -0.2) is 9.37 Å². The third-order valence-corrected chi connectivity index (χ3v) is 3.01. The highest BCUT2D eigenvalue weighted by atomic mass is 79.9. The first-order valence-electron chi connectivity index (χ1n) is 5.74. The zero-order chi connectivity index (χ0) is 13.7. The first-order valence-corrected chi connectivity index (χ1v) is 6.53. The van der Waals surface area contributed by atoms with Gasteiger partial charge in [0.2, 0.25) is 0 Å². The number of rotatable bonds is 5. The smallest absolute Gasteiger partial charge is 0.254 e. The number of carbonyl (C=O) groups excluding carboxylic acids is 1. The molecule has 2 N–H and O–H groups in total. The van der Waals surface area contributed by atoms with Gasteiger partial charge in [-0.15, -0.1) is 0 Å². The van der Waals surface area contributed by atoms with Crippen molar-refractivity contribution in [3.8, 4) is 0 Å². The molecular formula is C12H12BrFN4O. The van der Waals surface area contributed by atoms with E-state index in [2.05, 4.69) is 36.4 Å². The number of nitrogens with zero attached hydrogens (tertiary/aromatic N) is 2. The van der Waals surface area contributed by atoms with Crippen molar-refractivity contribution in [2.45, 2.75) is 12.8 Å². The Morgan fingerprint density at radius 1 is 1.47 bits per heavy atom. The highest BCUT2D eigenvalue weighted by Gasteiger charge is 2.11. The van der Waals surface area contributed by atoms with Crippen LogP contribution in [0.2, 0.25) is 0 Å². The zero-order valence-corrected chi connectivity index (χ0v) is 11.6. The molecular weight excluding hydrogens is 315 g/mol. The number of amides is 1. The van der Waals surface area contributed by atoms with E-state index in [0.29, 0.717) is 23.9 Å². The van der Waals surface area contributed by atoms with E-state index >= 15 is 0 Å². The molecule has 0 saturated carbocycles. The van der Waals surface area contributed by atoms with Crippen molar-refractivity contribution in [1.82, 2.24) is 20.5 Å². The fourth-order valence-electron chi connectivity index (χ4n) is 1.58. The Kier molecular flexibility index (Phi) is 4.62. The molecule has 0 unspecified atom stereocenters. The molecule has 100 valence electrons. The highest BCUT2D eigenvalue weighted by Crippen LogP contribution is 2.15. The lowest BCUT2D eigenvalue weighted by atomic mass is 10.2. The molecule has 2 aromatic rings. The maximum Gasteiger partial charge on any atom is 0.254 e. The predicted molar refractivity (Wildman–Crippen MR) is 71.1 cm³/mol. The summed E-state index contributed by atoms with van der Waals surface area (Å²) in [5, 5.41) is 9.12. The van der Waals surface area contributed by atoms with E-state index in [1.54, 1.807) is 6.07 Å². The van der Waals surface area contributed by atoms with Crippen molar-refractivity contribution in [3.05, 3.63) is 46.2 Å². The standard InChI is InChI=1S/C12H12BrFN4O/c13-8-3-4-9(10(14)6-8)12(19)15-5-1-2-11-16-7-17-18-11/h3-4,6-7H,1-2,5H2,(H,15,19)(H,16,17,18). The minimum atomic E-state index is -0.540. The molecule has 2 rings (SSSR count). The van der Waals surface area contributed by atoms with Crippen molar-refractivity contribution in [3.63, 3.8) is 0 Å². The molecule has 1 aromatic heterocycles. The monoisotopic (exact) mass is 326 g/mol. The van der Waals surface area contributed by atoms with Gasteiger partial charge in [0.25, 0.3) is 5.91 Å². The van der Waals surface area contributed by atoms with Gasteiger partial charge in [0.15, 0.2) is 0 Å². The fraction of sp³-hybridized carbons (Fsp3) is 0.250. The Bertz CT molecular complexity index is 559. The van der Waals surface area contributed by atoms with Gasteiger partial charge < -0.3 is 5.32 Å². The van der Waals surface area contributed by atoms with E-state index in [1.165, 1.54) is 18.5 Å². The summed E-state index contributed by atoms with van der Waals surface area (Å²) in [4.78, 5) is 15.7. The Labute approximate surface area is 117 Å². The number of carbonyl (C=O) groups is 1. The topological polar surface area (TPSA) is 70.7 Å². The van der Waals surface area contributed by atoms with Crippen molar-refractivity contribution in [2.24, 2.45) is 0 Å². The number of hydrogen-bond acceptors (Lipinski definition) is 3. The van der Waals surface area contributed by atoms with Crippen molar-refractivity contribution >= 4 is 21.8 Å². The van der Waals surface area contributed by atoms with Crippen molar-refractivity contribution < 1.29 is 9.18 Å². The summed E-state index contributed by atoms with van der Waals surface area (Å²) in [7, 11) is 0. The van der Waals surface area contributed by atoms with Gasteiger partial charge in [0.05, 0.1) is 5.56 Å². The largest absolute Gasteiger partial charge is 0.352 e. The van der Waals surface area contributed by atoms with Crippen LogP contribution in [0.25, 0.3) is 0 Å². The number of benzene rings is 1.